The standard InChI is InChI=1S/C24H26Cl2N4O3/c1-3-5-9-17-15-21(28-24(32)27-20-12-7-11-19(25)23(20)26)30(29-17)18-10-6-8-16(13-18)14-22(31)33-4-2/h6-8,10-13,15H,3-5,9,14H2,1-2H3,(H2,27,28,32). The van der Waals surface area contributed by atoms with Gasteiger partial charge in [0, 0.05) is 6.07 Å². The molecule has 3 rings (SSSR count). The first-order valence-electron chi connectivity index (χ1n) is 10.8. The third kappa shape index (κ3) is 6.73. The molecule has 1 heterocycles. The van der Waals surface area contributed by atoms with Crippen LogP contribution in [0, 0.1) is 0 Å². The SMILES string of the molecule is CCCCc1cc(NC(=O)Nc2cccc(Cl)c2Cl)n(-c2cccc(CC(=O)OCC)c2)n1. The summed E-state index contributed by atoms with van der Waals surface area (Å²) >= 11 is 12.2. The van der Waals surface area contributed by atoms with Crippen molar-refractivity contribution in [3.63, 3.8) is 0 Å². The molecule has 2 aromatic carbocycles. The highest BCUT2D eigenvalue weighted by atomic mass is 35.5. The van der Waals surface area contributed by atoms with Crippen molar-refractivity contribution in [2.24, 2.45) is 0 Å². The Bertz CT molecular complexity index is 1130. The van der Waals surface area contributed by atoms with Crippen LogP contribution >= 0.6 is 23.2 Å². The molecule has 0 aliphatic rings. The van der Waals surface area contributed by atoms with E-state index in [0.29, 0.717) is 23.1 Å². The van der Waals surface area contributed by atoms with Crippen LogP contribution < -0.4 is 10.6 Å². The number of halogens is 2. The molecule has 0 aliphatic carbocycles. The molecule has 3 aromatic rings. The molecule has 2 N–H and O–H groups in total. The minimum Gasteiger partial charge on any atom is -0.466 e. The van der Waals surface area contributed by atoms with Crippen molar-refractivity contribution < 1.29 is 14.3 Å². The van der Waals surface area contributed by atoms with Crippen LogP contribution in [-0.4, -0.2) is 28.4 Å². The van der Waals surface area contributed by atoms with E-state index in [1.807, 2.05) is 30.3 Å². The number of nitrogens with one attached hydrogen (secondary N) is 2. The molecule has 0 radical (unpaired) electrons. The molecule has 7 nitrogen and oxygen atoms in total. The van der Waals surface area contributed by atoms with E-state index in [4.69, 9.17) is 27.9 Å². The van der Waals surface area contributed by atoms with E-state index in [2.05, 4.69) is 22.7 Å². The fraction of sp³-hybridized carbons (Fsp3) is 0.292. The van der Waals surface area contributed by atoms with E-state index >= 15 is 0 Å². The Morgan fingerprint density at radius 1 is 1.06 bits per heavy atom. The number of carbonyl (C=O) groups excluding carboxylic acids is 2. The second-order valence-electron chi connectivity index (χ2n) is 7.37. The maximum atomic E-state index is 12.7. The maximum Gasteiger partial charge on any atom is 0.324 e. The van der Waals surface area contributed by atoms with Gasteiger partial charge in [0.2, 0.25) is 0 Å². The topological polar surface area (TPSA) is 85.2 Å². The quantitative estimate of drug-likeness (QED) is 0.347. The lowest BCUT2D eigenvalue weighted by molar-refractivity contribution is -0.142. The third-order valence-electron chi connectivity index (χ3n) is 4.80. The molecule has 0 fully saturated rings. The van der Waals surface area contributed by atoms with Crippen LogP contribution in [0.15, 0.2) is 48.5 Å². The van der Waals surface area contributed by atoms with Crippen molar-refractivity contribution in [1.82, 2.24) is 9.78 Å². The van der Waals surface area contributed by atoms with E-state index in [-0.39, 0.29) is 17.4 Å². The molecule has 174 valence electrons. The van der Waals surface area contributed by atoms with Crippen molar-refractivity contribution in [1.29, 1.82) is 0 Å². The summed E-state index contributed by atoms with van der Waals surface area (Å²) in [5, 5.41) is 10.8. The third-order valence-corrected chi connectivity index (χ3v) is 5.62. The molecule has 9 heteroatoms. The van der Waals surface area contributed by atoms with Crippen LogP contribution in [0.5, 0.6) is 0 Å². The molecule has 2 amide bonds. The van der Waals surface area contributed by atoms with E-state index in [0.717, 1.165) is 36.2 Å². The molecule has 0 bridgehead atoms. The number of esters is 1. The lowest BCUT2D eigenvalue weighted by atomic mass is 10.1. The number of amides is 2. The monoisotopic (exact) mass is 488 g/mol. The summed E-state index contributed by atoms with van der Waals surface area (Å²) in [5.74, 6) is 0.194. The van der Waals surface area contributed by atoms with E-state index in [1.54, 1.807) is 29.8 Å². The van der Waals surface area contributed by atoms with Gasteiger partial charge in [0.25, 0.3) is 0 Å². The number of urea groups is 1. The number of hydrogen-bond acceptors (Lipinski definition) is 4. The second-order valence-corrected chi connectivity index (χ2v) is 8.15. The van der Waals surface area contributed by atoms with Crippen LogP contribution in [0.2, 0.25) is 10.0 Å². The molecule has 0 unspecified atom stereocenters. The first kappa shape index (κ1) is 24.6. The number of aryl methyl sites for hydroxylation is 1. The fourth-order valence-electron chi connectivity index (χ4n) is 3.24. The Morgan fingerprint density at radius 3 is 2.61 bits per heavy atom. The highest BCUT2D eigenvalue weighted by Gasteiger charge is 2.15. The first-order valence-corrected chi connectivity index (χ1v) is 11.5. The van der Waals surface area contributed by atoms with Crippen molar-refractivity contribution >= 4 is 46.7 Å². The average molecular weight is 489 g/mol. The summed E-state index contributed by atoms with van der Waals surface area (Å²) in [6.07, 6.45) is 2.94. The summed E-state index contributed by atoms with van der Waals surface area (Å²) in [7, 11) is 0. The van der Waals surface area contributed by atoms with Crippen molar-refractivity contribution in [2.45, 2.75) is 39.5 Å². The molecule has 0 aliphatic heterocycles. The van der Waals surface area contributed by atoms with Gasteiger partial charge in [0.15, 0.2) is 0 Å². The number of aromatic nitrogens is 2. The normalized spacial score (nSPS) is 10.7. The van der Waals surface area contributed by atoms with Gasteiger partial charge in [-0.25, -0.2) is 9.48 Å². The largest absolute Gasteiger partial charge is 0.466 e. The Labute approximate surface area is 203 Å². The number of unbranched alkanes of at least 4 members (excludes halogenated alkanes) is 1. The Hall–Kier alpha value is -3.03. The fourth-order valence-corrected chi connectivity index (χ4v) is 3.59. The van der Waals surface area contributed by atoms with Gasteiger partial charge in [0.1, 0.15) is 5.82 Å². The first-order chi connectivity index (χ1) is 15.9. The number of rotatable bonds is 9. The van der Waals surface area contributed by atoms with Crippen LogP contribution in [0.1, 0.15) is 37.9 Å². The minimum absolute atomic E-state index is 0.155. The van der Waals surface area contributed by atoms with Crippen LogP contribution in [0.3, 0.4) is 0 Å². The summed E-state index contributed by atoms with van der Waals surface area (Å²) in [6, 6.07) is 13.8. The molecule has 33 heavy (non-hydrogen) atoms. The van der Waals surface area contributed by atoms with Gasteiger partial charge in [-0.15, -0.1) is 0 Å². The van der Waals surface area contributed by atoms with Gasteiger partial charge in [0.05, 0.1) is 40.1 Å². The predicted octanol–water partition coefficient (Wildman–Crippen LogP) is 6.27. The zero-order valence-corrected chi connectivity index (χ0v) is 20.0. The zero-order chi connectivity index (χ0) is 23.8. The summed E-state index contributed by atoms with van der Waals surface area (Å²) in [5.41, 5.74) is 2.76. The molecular formula is C24H26Cl2N4O3. The molecule has 0 saturated heterocycles. The summed E-state index contributed by atoms with van der Waals surface area (Å²) < 4.78 is 6.70. The van der Waals surface area contributed by atoms with Crippen LogP contribution in [-0.2, 0) is 22.4 Å². The molecular weight excluding hydrogens is 463 g/mol. The van der Waals surface area contributed by atoms with Crippen LogP contribution in [0.25, 0.3) is 5.69 Å². The maximum absolute atomic E-state index is 12.7. The summed E-state index contributed by atoms with van der Waals surface area (Å²) in [4.78, 5) is 24.6. The van der Waals surface area contributed by atoms with Crippen molar-refractivity contribution in [3.05, 3.63) is 69.8 Å². The van der Waals surface area contributed by atoms with Crippen molar-refractivity contribution in [2.75, 3.05) is 17.2 Å². The van der Waals surface area contributed by atoms with Gasteiger partial charge in [-0.2, -0.15) is 5.10 Å². The molecule has 0 atom stereocenters. The van der Waals surface area contributed by atoms with Gasteiger partial charge < -0.3 is 10.1 Å². The van der Waals surface area contributed by atoms with Gasteiger partial charge >= 0.3 is 12.0 Å². The van der Waals surface area contributed by atoms with Gasteiger partial charge in [-0.05, 0) is 49.6 Å². The Kier molecular flexibility index (Phi) is 8.74. The number of anilines is 2. The lowest BCUT2D eigenvalue weighted by Crippen LogP contribution is -2.21. The highest BCUT2D eigenvalue weighted by Crippen LogP contribution is 2.29. The van der Waals surface area contributed by atoms with E-state index in [1.165, 1.54) is 0 Å². The summed E-state index contributed by atoms with van der Waals surface area (Å²) in [6.45, 7) is 4.21. The Morgan fingerprint density at radius 2 is 1.85 bits per heavy atom. The molecule has 1 aromatic heterocycles. The molecule has 0 saturated carbocycles. The van der Waals surface area contributed by atoms with Gasteiger partial charge in [-0.3, -0.25) is 10.1 Å². The number of nitrogens with zero attached hydrogens (tertiary/aromatic N) is 2. The zero-order valence-electron chi connectivity index (χ0n) is 18.5. The number of benzene rings is 2. The average Bonchev–Trinajstić information content (AvgIpc) is 3.18. The molecule has 0 spiro atoms. The van der Waals surface area contributed by atoms with Crippen molar-refractivity contribution in [3.8, 4) is 5.69 Å². The lowest BCUT2D eigenvalue weighted by Gasteiger charge is -2.12. The number of ether oxygens (including phenoxy) is 1. The smallest absolute Gasteiger partial charge is 0.324 e. The van der Waals surface area contributed by atoms with E-state index < -0.39 is 6.03 Å². The number of hydrogen-bond donors (Lipinski definition) is 2. The minimum atomic E-state index is -0.481. The predicted molar refractivity (Wildman–Crippen MR) is 132 cm³/mol. The van der Waals surface area contributed by atoms with Crippen LogP contribution in [0.4, 0.5) is 16.3 Å². The number of carbonyl (C=O) groups is 2. The Balaban J connectivity index is 1.86. The van der Waals surface area contributed by atoms with Gasteiger partial charge in [-0.1, -0.05) is 54.7 Å². The van der Waals surface area contributed by atoms with E-state index in [9.17, 15) is 9.59 Å². The highest BCUT2D eigenvalue weighted by molar-refractivity contribution is 6.44. The second kappa shape index (κ2) is 11.7.